The molecule has 0 amide bonds. The van der Waals surface area contributed by atoms with Gasteiger partial charge < -0.3 is 4.74 Å². The maximum absolute atomic E-state index is 13.3. The van der Waals surface area contributed by atoms with Crippen molar-refractivity contribution in [3.8, 4) is 5.75 Å². The molecule has 0 unspecified atom stereocenters. The molecule has 0 aliphatic heterocycles. The fourth-order valence-corrected chi connectivity index (χ4v) is 2.08. The van der Waals surface area contributed by atoms with Crippen molar-refractivity contribution in [2.24, 2.45) is 0 Å². The Kier molecular flexibility index (Phi) is 4.57. The summed E-state index contributed by atoms with van der Waals surface area (Å²) >= 11 is 9.22. The largest absolute Gasteiger partial charge is 0.487 e. The summed E-state index contributed by atoms with van der Waals surface area (Å²) in [5.41, 5.74) is 0.0386. The average molecular weight is 361 g/mol. The SMILES string of the molecule is O=[N+]([O-])c1cc(F)cc(COc2cc(Br)ccc2Cl)c1. The number of nitro groups is 1. The first kappa shape index (κ1) is 14.7. The highest BCUT2D eigenvalue weighted by Gasteiger charge is 2.11. The zero-order valence-corrected chi connectivity index (χ0v) is 12.3. The first-order chi connectivity index (χ1) is 9.45. The van der Waals surface area contributed by atoms with E-state index in [0.29, 0.717) is 16.3 Å². The van der Waals surface area contributed by atoms with Gasteiger partial charge in [-0.2, -0.15) is 0 Å². The number of benzene rings is 2. The molecule has 0 atom stereocenters. The van der Waals surface area contributed by atoms with Crippen molar-refractivity contribution in [3.05, 3.63) is 67.4 Å². The van der Waals surface area contributed by atoms with Gasteiger partial charge in [-0.05, 0) is 29.8 Å². The van der Waals surface area contributed by atoms with E-state index >= 15 is 0 Å². The van der Waals surface area contributed by atoms with E-state index in [1.54, 1.807) is 18.2 Å². The molecule has 0 fully saturated rings. The van der Waals surface area contributed by atoms with E-state index in [2.05, 4.69) is 15.9 Å². The lowest BCUT2D eigenvalue weighted by molar-refractivity contribution is -0.385. The van der Waals surface area contributed by atoms with Gasteiger partial charge in [0.15, 0.2) is 0 Å². The number of nitro benzene ring substituents is 1. The quantitative estimate of drug-likeness (QED) is 0.585. The van der Waals surface area contributed by atoms with Gasteiger partial charge in [-0.3, -0.25) is 10.1 Å². The van der Waals surface area contributed by atoms with Gasteiger partial charge in [-0.1, -0.05) is 27.5 Å². The highest BCUT2D eigenvalue weighted by atomic mass is 79.9. The summed E-state index contributed by atoms with van der Waals surface area (Å²) in [5, 5.41) is 11.1. The summed E-state index contributed by atoms with van der Waals surface area (Å²) in [7, 11) is 0. The van der Waals surface area contributed by atoms with E-state index < -0.39 is 10.7 Å². The molecule has 0 N–H and O–H groups in total. The molecule has 0 radical (unpaired) electrons. The van der Waals surface area contributed by atoms with E-state index in [0.717, 1.165) is 10.5 Å². The van der Waals surface area contributed by atoms with Crippen LogP contribution in [0.15, 0.2) is 40.9 Å². The van der Waals surface area contributed by atoms with Gasteiger partial charge in [0.05, 0.1) is 16.0 Å². The second kappa shape index (κ2) is 6.19. The average Bonchev–Trinajstić information content (AvgIpc) is 2.39. The highest BCUT2D eigenvalue weighted by molar-refractivity contribution is 9.10. The first-order valence-electron chi connectivity index (χ1n) is 5.47. The van der Waals surface area contributed by atoms with Crippen LogP contribution in [0.2, 0.25) is 5.02 Å². The number of hydrogen-bond acceptors (Lipinski definition) is 3. The van der Waals surface area contributed by atoms with Crippen LogP contribution in [-0.2, 0) is 6.61 Å². The third kappa shape index (κ3) is 3.68. The minimum absolute atomic E-state index is 0.0191. The molecule has 2 aromatic carbocycles. The van der Waals surface area contributed by atoms with Crippen molar-refractivity contribution >= 4 is 33.2 Å². The van der Waals surface area contributed by atoms with Crippen LogP contribution in [0.4, 0.5) is 10.1 Å². The molecular formula is C13H8BrClFNO3. The predicted molar refractivity (Wildman–Crippen MR) is 76.5 cm³/mol. The van der Waals surface area contributed by atoms with Crippen LogP contribution in [0.1, 0.15) is 5.56 Å². The molecule has 0 heterocycles. The van der Waals surface area contributed by atoms with Crippen LogP contribution in [0.25, 0.3) is 0 Å². The van der Waals surface area contributed by atoms with E-state index in [1.165, 1.54) is 12.1 Å². The number of non-ortho nitro benzene ring substituents is 1. The molecular weight excluding hydrogens is 353 g/mol. The second-order valence-electron chi connectivity index (χ2n) is 3.94. The molecule has 0 saturated heterocycles. The molecule has 0 saturated carbocycles. The standard InChI is InChI=1S/C13H8BrClFNO3/c14-9-1-2-12(15)13(5-9)20-7-8-3-10(16)6-11(4-8)17(18)19/h1-6H,7H2. The number of ether oxygens (including phenoxy) is 1. The predicted octanol–water partition coefficient (Wildman–Crippen LogP) is 4.73. The van der Waals surface area contributed by atoms with Crippen LogP contribution in [0.3, 0.4) is 0 Å². The topological polar surface area (TPSA) is 52.4 Å². The molecule has 0 aliphatic carbocycles. The lowest BCUT2D eigenvalue weighted by Gasteiger charge is -2.08. The minimum atomic E-state index is -0.682. The lowest BCUT2D eigenvalue weighted by Crippen LogP contribution is -1.99. The van der Waals surface area contributed by atoms with Crippen LogP contribution in [0.5, 0.6) is 5.75 Å². The summed E-state index contributed by atoms with van der Waals surface area (Å²) < 4.78 is 19.5. The Morgan fingerprint density at radius 2 is 2.05 bits per heavy atom. The zero-order chi connectivity index (χ0) is 14.7. The Morgan fingerprint density at radius 1 is 1.30 bits per heavy atom. The van der Waals surface area contributed by atoms with Crippen LogP contribution in [-0.4, -0.2) is 4.92 Å². The molecule has 2 aromatic rings. The Bertz CT molecular complexity index is 666. The summed E-state index contributed by atoms with van der Waals surface area (Å²) in [6, 6.07) is 8.36. The van der Waals surface area contributed by atoms with Crippen molar-refractivity contribution in [1.29, 1.82) is 0 Å². The molecule has 0 spiro atoms. The maximum Gasteiger partial charge on any atom is 0.272 e. The van der Waals surface area contributed by atoms with Crippen LogP contribution in [0, 0.1) is 15.9 Å². The zero-order valence-electron chi connectivity index (χ0n) is 9.98. The molecule has 0 bridgehead atoms. The van der Waals surface area contributed by atoms with Gasteiger partial charge in [0.2, 0.25) is 0 Å². The second-order valence-corrected chi connectivity index (χ2v) is 5.26. The van der Waals surface area contributed by atoms with E-state index in [-0.39, 0.29) is 12.3 Å². The number of rotatable bonds is 4. The van der Waals surface area contributed by atoms with E-state index in [1.807, 2.05) is 0 Å². The number of hydrogen-bond donors (Lipinski definition) is 0. The van der Waals surface area contributed by atoms with Gasteiger partial charge in [-0.25, -0.2) is 4.39 Å². The summed E-state index contributed by atoms with van der Waals surface area (Å²) in [4.78, 5) is 10.00. The molecule has 0 aromatic heterocycles. The van der Waals surface area contributed by atoms with Gasteiger partial charge >= 0.3 is 0 Å². The van der Waals surface area contributed by atoms with E-state index in [9.17, 15) is 14.5 Å². The Labute approximate surface area is 127 Å². The monoisotopic (exact) mass is 359 g/mol. The maximum atomic E-state index is 13.3. The summed E-state index contributed by atoms with van der Waals surface area (Å²) in [6.07, 6.45) is 0. The van der Waals surface area contributed by atoms with Gasteiger partial charge in [-0.15, -0.1) is 0 Å². The van der Waals surface area contributed by atoms with Crippen molar-refractivity contribution in [3.63, 3.8) is 0 Å². The first-order valence-corrected chi connectivity index (χ1v) is 6.64. The third-order valence-electron chi connectivity index (χ3n) is 2.44. The number of halogens is 3. The minimum Gasteiger partial charge on any atom is -0.487 e. The third-order valence-corrected chi connectivity index (χ3v) is 3.25. The molecule has 4 nitrogen and oxygen atoms in total. The van der Waals surface area contributed by atoms with Crippen molar-refractivity contribution in [2.75, 3.05) is 0 Å². The molecule has 0 aliphatic rings. The fraction of sp³-hybridized carbons (Fsp3) is 0.0769. The fourth-order valence-electron chi connectivity index (χ4n) is 1.57. The molecule has 2 rings (SSSR count). The van der Waals surface area contributed by atoms with Crippen LogP contribution >= 0.6 is 27.5 Å². The Hall–Kier alpha value is -1.66. The van der Waals surface area contributed by atoms with E-state index in [4.69, 9.17) is 16.3 Å². The van der Waals surface area contributed by atoms with Crippen LogP contribution < -0.4 is 4.74 Å². The Balaban J connectivity index is 2.18. The van der Waals surface area contributed by atoms with Gasteiger partial charge in [0.1, 0.15) is 18.2 Å². The molecule has 104 valence electrons. The Morgan fingerprint density at radius 3 is 2.75 bits per heavy atom. The normalized spacial score (nSPS) is 10.3. The summed E-state index contributed by atoms with van der Waals surface area (Å²) in [6.45, 7) is -0.0191. The smallest absolute Gasteiger partial charge is 0.272 e. The number of nitrogens with zero attached hydrogens (tertiary/aromatic N) is 1. The van der Waals surface area contributed by atoms with Crippen molar-refractivity contribution < 1.29 is 14.1 Å². The lowest BCUT2D eigenvalue weighted by atomic mass is 10.2. The van der Waals surface area contributed by atoms with Gasteiger partial charge in [0, 0.05) is 10.5 Å². The van der Waals surface area contributed by atoms with Gasteiger partial charge in [0.25, 0.3) is 5.69 Å². The summed E-state index contributed by atoms with van der Waals surface area (Å²) in [5.74, 6) is -0.272. The molecule has 7 heteroatoms. The highest BCUT2D eigenvalue weighted by Crippen LogP contribution is 2.29. The molecule has 20 heavy (non-hydrogen) atoms. The van der Waals surface area contributed by atoms with Crippen molar-refractivity contribution in [1.82, 2.24) is 0 Å². The van der Waals surface area contributed by atoms with Crippen molar-refractivity contribution in [2.45, 2.75) is 6.61 Å².